The minimum Gasteiger partial charge on any atom is -0.357 e. The van der Waals surface area contributed by atoms with Crippen LogP contribution in [-0.2, 0) is 24.3 Å². The van der Waals surface area contributed by atoms with Crippen LogP contribution in [0.25, 0.3) is 0 Å². The Morgan fingerprint density at radius 1 is 1.03 bits per heavy atom. The molecule has 0 atom stereocenters. The molecule has 0 aliphatic carbocycles. The maximum Gasteiger partial charge on any atom is 0.221 e. The van der Waals surface area contributed by atoms with Crippen LogP contribution in [0.15, 0.2) is 72.0 Å². The number of guanidine groups is 1. The summed E-state index contributed by atoms with van der Waals surface area (Å²) in [5.41, 5.74) is 4.41. The molecule has 0 aliphatic heterocycles. The molecule has 7 heteroatoms. The van der Waals surface area contributed by atoms with Crippen LogP contribution in [0.3, 0.4) is 0 Å². The normalized spacial score (nSPS) is 11.2. The Hall–Kier alpha value is -3.61. The summed E-state index contributed by atoms with van der Waals surface area (Å²) in [6.07, 6.45) is 4.62. The number of aromatic nitrogens is 2. The molecule has 7 nitrogen and oxygen atoms in total. The van der Waals surface area contributed by atoms with E-state index in [0.29, 0.717) is 6.54 Å². The van der Waals surface area contributed by atoms with Gasteiger partial charge in [-0.05, 0) is 48.2 Å². The lowest BCUT2D eigenvalue weighted by Crippen LogP contribution is -2.38. The van der Waals surface area contributed by atoms with Gasteiger partial charge in [-0.3, -0.25) is 9.48 Å². The van der Waals surface area contributed by atoms with E-state index in [9.17, 15) is 4.79 Å². The number of nitrogens with one attached hydrogen (secondary N) is 3. The van der Waals surface area contributed by atoms with Crippen molar-refractivity contribution in [3.05, 3.63) is 83.7 Å². The van der Waals surface area contributed by atoms with Crippen LogP contribution in [0.4, 0.5) is 5.69 Å². The van der Waals surface area contributed by atoms with Crippen molar-refractivity contribution in [2.75, 3.05) is 18.4 Å². The van der Waals surface area contributed by atoms with Crippen LogP contribution in [-0.4, -0.2) is 34.7 Å². The lowest BCUT2D eigenvalue weighted by Gasteiger charge is -2.13. The highest BCUT2D eigenvalue weighted by molar-refractivity contribution is 5.88. The average Bonchev–Trinajstić information content (AvgIpc) is 3.27. The molecule has 0 unspecified atom stereocenters. The van der Waals surface area contributed by atoms with E-state index in [1.165, 1.54) is 23.6 Å². The van der Waals surface area contributed by atoms with E-state index >= 15 is 0 Å². The van der Waals surface area contributed by atoms with Gasteiger partial charge in [0.2, 0.25) is 5.91 Å². The highest BCUT2D eigenvalue weighted by atomic mass is 16.1. The van der Waals surface area contributed by atoms with Crippen LogP contribution in [0.5, 0.6) is 0 Å². The summed E-state index contributed by atoms with van der Waals surface area (Å²) in [7, 11) is 0. The van der Waals surface area contributed by atoms with Crippen LogP contribution in [0.1, 0.15) is 30.5 Å². The fourth-order valence-electron chi connectivity index (χ4n) is 3.22. The number of carbonyl (C=O) groups excluding carboxylic acids is 1. The summed E-state index contributed by atoms with van der Waals surface area (Å²) < 4.78 is 1.92. The van der Waals surface area contributed by atoms with Gasteiger partial charge in [0.1, 0.15) is 0 Å². The number of anilines is 1. The lowest BCUT2D eigenvalue weighted by molar-refractivity contribution is -0.114. The highest BCUT2D eigenvalue weighted by Crippen LogP contribution is 2.12. The summed E-state index contributed by atoms with van der Waals surface area (Å²) in [6, 6.07) is 18.2. The number of nitrogens with zero attached hydrogens (tertiary/aromatic N) is 3. The molecule has 0 radical (unpaired) electrons. The van der Waals surface area contributed by atoms with Crippen molar-refractivity contribution >= 4 is 17.6 Å². The number of hydrogen-bond acceptors (Lipinski definition) is 3. The van der Waals surface area contributed by atoms with Crippen LogP contribution in [0.2, 0.25) is 0 Å². The molecule has 0 fully saturated rings. The fourth-order valence-corrected chi connectivity index (χ4v) is 3.22. The quantitative estimate of drug-likeness (QED) is 0.368. The zero-order valence-electron chi connectivity index (χ0n) is 18.1. The van der Waals surface area contributed by atoms with E-state index < -0.39 is 0 Å². The molecule has 0 saturated heterocycles. The molecule has 3 rings (SSSR count). The first-order valence-electron chi connectivity index (χ1n) is 10.6. The summed E-state index contributed by atoms with van der Waals surface area (Å²) in [5, 5.41) is 13.8. The number of aliphatic imine (C=N–C) groups is 1. The second kappa shape index (κ2) is 11.5. The predicted octanol–water partition coefficient (Wildman–Crippen LogP) is 3.19. The Kier molecular flexibility index (Phi) is 8.22. The number of hydrogen-bond donors (Lipinski definition) is 3. The first-order valence-corrected chi connectivity index (χ1v) is 10.6. The molecule has 162 valence electrons. The molecule has 2 aromatic carbocycles. The highest BCUT2D eigenvalue weighted by Gasteiger charge is 2.04. The molecule has 0 bridgehead atoms. The maximum atomic E-state index is 11.1. The zero-order chi connectivity index (χ0) is 21.9. The van der Waals surface area contributed by atoms with Crippen molar-refractivity contribution in [3.63, 3.8) is 0 Å². The van der Waals surface area contributed by atoms with E-state index in [2.05, 4.69) is 40.1 Å². The molecule has 3 aromatic rings. The number of carbonyl (C=O) groups is 1. The molecule has 1 amide bonds. The zero-order valence-corrected chi connectivity index (χ0v) is 18.1. The van der Waals surface area contributed by atoms with Crippen molar-refractivity contribution in [2.24, 2.45) is 4.99 Å². The van der Waals surface area contributed by atoms with Crippen molar-refractivity contribution in [2.45, 2.75) is 33.4 Å². The van der Waals surface area contributed by atoms with E-state index in [-0.39, 0.29) is 5.91 Å². The Morgan fingerprint density at radius 3 is 2.48 bits per heavy atom. The molecule has 0 aliphatic rings. The third kappa shape index (κ3) is 7.29. The monoisotopic (exact) mass is 418 g/mol. The molecule has 0 saturated carbocycles. The van der Waals surface area contributed by atoms with Gasteiger partial charge in [-0.2, -0.15) is 5.10 Å². The summed E-state index contributed by atoms with van der Waals surface area (Å²) in [4.78, 5) is 15.9. The fraction of sp³-hybridized carbons (Fsp3) is 0.292. The van der Waals surface area contributed by atoms with E-state index in [0.717, 1.165) is 37.7 Å². The number of benzene rings is 2. The van der Waals surface area contributed by atoms with E-state index in [4.69, 9.17) is 4.99 Å². The topological polar surface area (TPSA) is 83.3 Å². The first-order chi connectivity index (χ1) is 15.1. The Morgan fingerprint density at radius 2 is 1.81 bits per heavy atom. The summed E-state index contributed by atoms with van der Waals surface area (Å²) in [5.74, 6) is 0.735. The van der Waals surface area contributed by atoms with Crippen LogP contribution in [0, 0.1) is 0 Å². The molecule has 31 heavy (non-hydrogen) atoms. The number of amides is 1. The molecule has 3 N–H and O–H groups in total. The van der Waals surface area contributed by atoms with Gasteiger partial charge in [-0.15, -0.1) is 0 Å². The first kappa shape index (κ1) is 22.1. The van der Waals surface area contributed by atoms with Crippen molar-refractivity contribution in [1.82, 2.24) is 20.4 Å². The van der Waals surface area contributed by atoms with E-state index in [1.807, 2.05) is 53.3 Å². The Labute approximate surface area is 183 Å². The smallest absolute Gasteiger partial charge is 0.221 e. The van der Waals surface area contributed by atoms with E-state index in [1.54, 1.807) is 6.20 Å². The van der Waals surface area contributed by atoms with Crippen molar-refractivity contribution < 1.29 is 4.79 Å². The second-order valence-electron chi connectivity index (χ2n) is 7.22. The molecular formula is C24H30N6O. The van der Waals surface area contributed by atoms with Gasteiger partial charge in [0.05, 0.1) is 13.1 Å². The van der Waals surface area contributed by atoms with Crippen molar-refractivity contribution in [1.29, 1.82) is 0 Å². The van der Waals surface area contributed by atoms with Gasteiger partial charge >= 0.3 is 0 Å². The standard InChI is InChI=1S/C24H30N6O/c1-3-25-24(26-15-13-20-9-11-23(12-10-20)29-19(2)31)27-17-21-7-4-5-8-22(21)18-30-16-6-14-28-30/h4-12,14,16H,3,13,15,17-18H2,1-2H3,(H,29,31)(H2,25,26,27). The van der Waals surface area contributed by atoms with Gasteiger partial charge in [0.25, 0.3) is 0 Å². The van der Waals surface area contributed by atoms with Gasteiger partial charge in [-0.1, -0.05) is 36.4 Å². The Balaban J connectivity index is 1.56. The predicted molar refractivity (Wildman–Crippen MR) is 125 cm³/mol. The largest absolute Gasteiger partial charge is 0.357 e. The Bertz CT molecular complexity index is 980. The average molecular weight is 419 g/mol. The minimum atomic E-state index is -0.0629. The van der Waals surface area contributed by atoms with Gasteiger partial charge < -0.3 is 16.0 Å². The van der Waals surface area contributed by atoms with Crippen LogP contribution < -0.4 is 16.0 Å². The third-order valence-electron chi connectivity index (χ3n) is 4.74. The van der Waals surface area contributed by atoms with Gasteiger partial charge in [0, 0.05) is 38.1 Å². The number of rotatable bonds is 9. The van der Waals surface area contributed by atoms with Gasteiger partial charge in [0.15, 0.2) is 5.96 Å². The van der Waals surface area contributed by atoms with Gasteiger partial charge in [-0.25, -0.2) is 4.99 Å². The molecular weight excluding hydrogens is 388 g/mol. The molecule has 0 spiro atoms. The summed E-state index contributed by atoms with van der Waals surface area (Å²) >= 11 is 0. The van der Waals surface area contributed by atoms with Crippen molar-refractivity contribution in [3.8, 4) is 0 Å². The second-order valence-corrected chi connectivity index (χ2v) is 7.22. The maximum absolute atomic E-state index is 11.1. The SMILES string of the molecule is CCNC(=NCc1ccccc1Cn1cccn1)NCCc1ccc(NC(C)=O)cc1. The molecule has 1 aromatic heterocycles. The summed E-state index contributed by atoms with van der Waals surface area (Å²) in [6.45, 7) is 6.46. The van der Waals surface area contributed by atoms with Crippen LogP contribution >= 0.6 is 0 Å². The molecule has 1 heterocycles. The lowest BCUT2D eigenvalue weighted by atomic mass is 10.1. The third-order valence-corrected chi connectivity index (χ3v) is 4.74. The minimum absolute atomic E-state index is 0.0629.